The Bertz CT molecular complexity index is 1060. The zero-order chi connectivity index (χ0) is 21.5. The van der Waals surface area contributed by atoms with Crippen LogP contribution >= 0.6 is 11.6 Å². The van der Waals surface area contributed by atoms with E-state index in [1.165, 1.54) is 4.72 Å². The Labute approximate surface area is 159 Å². The monoisotopic (exact) mass is 446 g/mol. The molecule has 0 aliphatic carbocycles. The number of nitrogens with one attached hydrogen (secondary N) is 1. The van der Waals surface area contributed by atoms with Crippen molar-refractivity contribution in [1.29, 1.82) is 0 Å². The molecule has 1 amide bonds. The molecule has 0 aliphatic rings. The summed E-state index contributed by atoms with van der Waals surface area (Å²) in [5, 5.41) is -0.670. The van der Waals surface area contributed by atoms with Crippen LogP contribution < -0.4 is 4.72 Å². The van der Waals surface area contributed by atoms with Gasteiger partial charge in [-0.25, -0.2) is 31.1 Å². The Morgan fingerprint density at radius 3 is 1.86 bits per heavy atom. The Morgan fingerprint density at radius 2 is 1.39 bits per heavy atom. The summed E-state index contributed by atoms with van der Waals surface area (Å²) < 4.78 is 108. The van der Waals surface area contributed by atoms with Crippen LogP contribution in [0.2, 0.25) is 5.02 Å². The summed E-state index contributed by atoms with van der Waals surface area (Å²) in [4.78, 5) is 12.1. The van der Waals surface area contributed by atoms with Gasteiger partial charge < -0.3 is 0 Å². The average molecular weight is 447 g/mol. The smallest absolute Gasteiger partial charge is 0.268 e. The summed E-state index contributed by atoms with van der Waals surface area (Å²) in [6.45, 7) is 0. The van der Waals surface area contributed by atoms with E-state index >= 15 is 0 Å². The number of halogens is 7. The molecule has 28 heavy (non-hydrogen) atoms. The van der Waals surface area contributed by atoms with Gasteiger partial charge in [-0.2, -0.15) is 12.7 Å². The van der Waals surface area contributed by atoms with Crippen LogP contribution in [0.25, 0.3) is 11.1 Å². The summed E-state index contributed by atoms with van der Waals surface area (Å²) in [5.41, 5.74) is -3.62. The third-order valence-corrected chi connectivity index (χ3v) is 5.20. The van der Waals surface area contributed by atoms with Gasteiger partial charge in [-0.1, -0.05) is 11.6 Å². The minimum atomic E-state index is -4.32. The summed E-state index contributed by atoms with van der Waals surface area (Å²) in [6, 6.07) is 0.739. The fourth-order valence-electron chi connectivity index (χ4n) is 2.02. The minimum absolute atomic E-state index is 0.367. The molecule has 13 heteroatoms. The highest BCUT2D eigenvalue weighted by Crippen LogP contribution is 2.35. The van der Waals surface area contributed by atoms with E-state index in [-0.39, 0.29) is 0 Å². The van der Waals surface area contributed by atoms with E-state index in [0.717, 1.165) is 14.1 Å². The van der Waals surface area contributed by atoms with Crippen molar-refractivity contribution in [2.75, 3.05) is 14.1 Å². The molecule has 2 aromatic rings. The van der Waals surface area contributed by atoms with Gasteiger partial charge in [0, 0.05) is 19.7 Å². The van der Waals surface area contributed by atoms with Crippen molar-refractivity contribution < 1.29 is 39.6 Å². The quantitative estimate of drug-likeness (QED) is 0.445. The molecule has 0 radical (unpaired) electrons. The Hall–Kier alpha value is -2.31. The second-order valence-electron chi connectivity index (χ2n) is 5.48. The standard InChI is InChI=1S/C15H9ClF6N2O3S/c1-24(2)28(26,27)23-15(25)5-3-6(8(17)4-7(5)16)9-10(18)12(20)14(22)13(21)11(9)19/h3-4H,1-2H3,(H,23,25). The number of amides is 1. The minimum Gasteiger partial charge on any atom is -0.268 e. The molecular formula is C15H9ClF6N2O3S. The Balaban J connectivity index is 2.71. The predicted octanol–water partition coefficient (Wildman–Crippen LogP) is 3.38. The summed E-state index contributed by atoms with van der Waals surface area (Å²) in [7, 11) is -2.18. The third-order valence-electron chi connectivity index (χ3n) is 3.48. The number of carbonyl (C=O) groups excluding carboxylic acids is 1. The van der Waals surface area contributed by atoms with Gasteiger partial charge in [0.2, 0.25) is 5.82 Å². The van der Waals surface area contributed by atoms with E-state index in [0.29, 0.717) is 16.4 Å². The van der Waals surface area contributed by atoms with Gasteiger partial charge in [0.15, 0.2) is 23.3 Å². The molecule has 0 unspecified atom stereocenters. The molecular weight excluding hydrogens is 438 g/mol. The van der Waals surface area contributed by atoms with E-state index in [9.17, 15) is 39.6 Å². The highest BCUT2D eigenvalue weighted by molar-refractivity contribution is 7.87. The van der Waals surface area contributed by atoms with Crippen LogP contribution in [0.4, 0.5) is 26.3 Å². The molecule has 0 aliphatic heterocycles. The van der Waals surface area contributed by atoms with Crippen LogP contribution in [0.5, 0.6) is 0 Å². The van der Waals surface area contributed by atoms with Gasteiger partial charge in [0.25, 0.3) is 5.91 Å². The molecule has 0 fully saturated rings. The van der Waals surface area contributed by atoms with Crippen molar-refractivity contribution in [3.05, 3.63) is 57.6 Å². The number of nitrogens with zero attached hydrogens (tertiary/aromatic N) is 1. The number of carbonyl (C=O) groups is 1. The van der Waals surface area contributed by atoms with Crippen molar-refractivity contribution in [2.24, 2.45) is 0 Å². The summed E-state index contributed by atoms with van der Waals surface area (Å²) in [5.74, 6) is -14.7. The molecule has 0 saturated carbocycles. The van der Waals surface area contributed by atoms with Gasteiger partial charge in [0.05, 0.1) is 16.1 Å². The van der Waals surface area contributed by atoms with Gasteiger partial charge in [-0.3, -0.25) is 4.79 Å². The zero-order valence-electron chi connectivity index (χ0n) is 13.9. The fraction of sp³-hybridized carbons (Fsp3) is 0.133. The lowest BCUT2D eigenvalue weighted by Crippen LogP contribution is -2.39. The Kier molecular flexibility index (Phi) is 5.97. The lowest BCUT2D eigenvalue weighted by Gasteiger charge is -2.14. The third kappa shape index (κ3) is 3.80. The van der Waals surface area contributed by atoms with Crippen LogP contribution in [0.15, 0.2) is 12.1 Å². The predicted molar refractivity (Wildman–Crippen MR) is 86.7 cm³/mol. The lowest BCUT2D eigenvalue weighted by atomic mass is 10.00. The zero-order valence-corrected chi connectivity index (χ0v) is 15.5. The maximum absolute atomic E-state index is 14.2. The lowest BCUT2D eigenvalue weighted by molar-refractivity contribution is 0.0980. The maximum Gasteiger partial charge on any atom is 0.303 e. The van der Waals surface area contributed by atoms with Crippen molar-refractivity contribution in [3.63, 3.8) is 0 Å². The number of hydrogen-bond acceptors (Lipinski definition) is 3. The van der Waals surface area contributed by atoms with Crippen LogP contribution in [-0.4, -0.2) is 32.7 Å². The molecule has 2 rings (SSSR count). The van der Waals surface area contributed by atoms with Crippen LogP contribution in [0, 0.1) is 34.9 Å². The molecule has 152 valence electrons. The van der Waals surface area contributed by atoms with Gasteiger partial charge in [-0.05, 0) is 12.1 Å². The van der Waals surface area contributed by atoms with E-state index < -0.39 is 72.7 Å². The molecule has 0 bridgehead atoms. The van der Waals surface area contributed by atoms with Crippen molar-refractivity contribution in [1.82, 2.24) is 9.03 Å². The highest BCUT2D eigenvalue weighted by Gasteiger charge is 2.30. The first-order chi connectivity index (χ1) is 12.8. The molecule has 0 atom stereocenters. The van der Waals surface area contributed by atoms with Crippen molar-refractivity contribution in [3.8, 4) is 11.1 Å². The van der Waals surface area contributed by atoms with Crippen LogP contribution in [0.1, 0.15) is 10.4 Å². The van der Waals surface area contributed by atoms with Crippen molar-refractivity contribution in [2.45, 2.75) is 0 Å². The first-order valence-electron chi connectivity index (χ1n) is 7.05. The largest absolute Gasteiger partial charge is 0.303 e. The highest BCUT2D eigenvalue weighted by atomic mass is 35.5. The van der Waals surface area contributed by atoms with Gasteiger partial charge >= 0.3 is 10.2 Å². The molecule has 1 N–H and O–H groups in total. The number of rotatable bonds is 4. The average Bonchev–Trinajstić information content (AvgIpc) is 2.59. The fourth-order valence-corrected chi connectivity index (χ4v) is 2.78. The van der Waals surface area contributed by atoms with Crippen molar-refractivity contribution >= 4 is 27.7 Å². The normalized spacial score (nSPS) is 11.8. The first kappa shape index (κ1) is 22.0. The van der Waals surface area contributed by atoms with Gasteiger partial charge in [-0.15, -0.1) is 0 Å². The summed E-state index contributed by atoms with van der Waals surface area (Å²) >= 11 is 5.65. The number of hydrogen-bond donors (Lipinski definition) is 1. The van der Waals surface area contributed by atoms with Crippen LogP contribution in [-0.2, 0) is 10.2 Å². The van der Waals surface area contributed by atoms with E-state index in [2.05, 4.69) is 0 Å². The van der Waals surface area contributed by atoms with E-state index in [4.69, 9.17) is 11.6 Å². The van der Waals surface area contributed by atoms with Crippen LogP contribution in [0.3, 0.4) is 0 Å². The summed E-state index contributed by atoms with van der Waals surface area (Å²) in [6.07, 6.45) is 0. The van der Waals surface area contributed by atoms with E-state index in [1.807, 2.05) is 0 Å². The first-order valence-corrected chi connectivity index (χ1v) is 8.86. The molecule has 0 heterocycles. The topological polar surface area (TPSA) is 66.5 Å². The van der Waals surface area contributed by atoms with Gasteiger partial charge in [0.1, 0.15) is 5.82 Å². The second kappa shape index (κ2) is 7.60. The maximum atomic E-state index is 14.2. The molecule has 0 spiro atoms. The molecule has 0 saturated heterocycles. The second-order valence-corrected chi connectivity index (χ2v) is 7.77. The molecule has 0 aromatic heterocycles. The molecule has 2 aromatic carbocycles. The van der Waals surface area contributed by atoms with E-state index in [1.54, 1.807) is 0 Å². The Morgan fingerprint density at radius 1 is 0.929 bits per heavy atom. The number of benzene rings is 2. The SMILES string of the molecule is CN(C)S(=O)(=O)NC(=O)c1cc(-c2c(F)c(F)c(F)c(F)c2F)c(F)cc1Cl. The molecule has 5 nitrogen and oxygen atoms in total.